The molecule has 1 fully saturated rings. The third-order valence-corrected chi connectivity index (χ3v) is 4.33. The van der Waals surface area contributed by atoms with E-state index in [0.717, 1.165) is 23.2 Å². The zero-order chi connectivity index (χ0) is 13.2. The highest BCUT2D eigenvalue weighted by Crippen LogP contribution is 2.32. The van der Waals surface area contributed by atoms with E-state index in [2.05, 4.69) is 4.98 Å². The Morgan fingerprint density at radius 3 is 3.16 bits per heavy atom. The van der Waals surface area contributed by atoms with Crippen LogP contribution in [0.1, 0.15) is 16.1 Å². The Morgan fingerprint density at radius 2 is 2.32 bits per heavy atom. The molecule has 1 aliphatic heterocycles. The fourth-order valence-electron chi connectivity index (χ4n) is 2.20. The summed E-state index contributed by atoms with van der Waals surface area (Å²) in [7, 11) is 0. The lowest BCUT2D eigenvalue weighted by Gasteiger charge is -2.18. The van der Waals surface area contributed by atoms with Crippen molar-refractivity contribution in [3.8, 4) is 0 Å². The van der Waals surface area contributed by atoms with Crippen molar-refractivity contribution >= 4 is 33.1 Å². The number of rotatable bonds is 1. The van der Waals surface area contributed by atoms with Gasteiger partial charge in [0.25, 0.3) is 5.91 Å². The van der Waals surface area contributed by atoms with Gasteiger partial charge in [0.05, 0.1) is 17.0 Å². The van der Waals surface area contributed by atoms with Crippen LogP contribution in [0.3, 0.4) is 0 Å². The molecule has 0 unspecified atom stereocenters. The number of nitrogens with zero attached hydrogens (tertiary/aromatic N) is 2. The Hall–Kier alpha value is -1.66. The largest absolute Gasteiger partial charge is 0.396 e. The predicted molar refractivity (Wildman–Crippen MR) is 75.4 cm³/mol. The van der Waals surface area contributed by atoms with Crippen LogP contribution >= 0.6 is 11.3 Å². The maximum absolute atomic E-state index is 12.5. The molecular formula is C13H15N3O2S. The number of aromatic nitrogens is 1. The summed E-state index contributed by atoms with van der Waals surface area (Å²) in [6.07, 6.45) is 2.56. The van der Waals surface area contributed by atoms with Crippen LogP contribution in [0.2, 0.25) is 0 Å². The van der Waals surface area contributed by atoms with Gasteiger partial charge >= 0.3 is 0 Å². The minimum absolute atomic E-state index is 0.00833. The highest BCUT2D eigenvalue weighted by molar-refractivity contribution is 7.21. The first-order valence-electron chi connectivity index (χ1n) is 6.27. The molecule has 6 heteroatoms. The number of fused-ring (bicyclic) bond motifs is 1. The number of carbonyl (C=O) groups is 1. The smallest absolute Gasteiger partial charge is 0.266 e. The Bertz CT molecular complexity index is 603. The molecule has 0 spiro atoms. The lowest BCUT2D eigenvalue weighted by atomic mass is 10.3. The standard InChI is InChI=1S/C13H15N3O2S/c14-10-11-9(3-1-4-15-11)19-12(10)13(17)16-5-2-7-18-8-6-16/h1,3-4H,2,5-8,14H2. The van der Waals surface area contributed by atoms with Gasteiger partial charge in [-0.25, -0.2) is 0 Å². The highest BCUT2D eigenvalue weighted by atomic mass is 32.1. The van der Waals surface area contributed by atoms with Crippen molar-refractivity contribution in [2.75, 3.05) is 32.0 Å². The average Bonchev–Trinajstić information content (AvgIpc) is 2.64. The summed E-state index contributed by atoms with van der Waals surface area (Å²) in [6.45, 7) is 2.65. The molecule has 0 aromatic carbocycles. The number of hydrogen-bond donors (Lipinski definition) is 1. The van der Waals surface area contributed by atoms with Crippen LogP contribution in [0.4, 0.5) is 5.69 Å². The topological polar surface area (TPSA) is 68.5 Å². The minimum atomic E-state index is -0.00833. The van der Waals surface area contributed by atoms with E-state index in [9.17, 15) is 4.79 Å². The molecule has 2 aromatic heterocycles. The summed E-state index contributed by atoms with van der Waals surface area (Å²) < 4.78 is 6.32. The lowest BCUT2D eigenvalue weighted by molar-refractivity contribution is 0.0747. The van der Waals surface area contributed by atoms with Crippen LogP contribution in [0.25, 0.3) is 10.2 Å². The van der Waals surface area contributed by atoms with Crippen molar-refractivity contribution in [1.82, 2.24) is 9.88 Å². The predicted octanol–water partition coefficient (Wildman–Crippen LogP) is 1.74. The van der Waals surface area contributed by atoms with Gasteiger partial charge in [-0.1, -0.05) is 0 Å². The van der Waals surface area contributed by atoms with Crippen molar-refractivity contribution < 1.29 is 9.53 Å². The van der Waals surface area contributed by atoms with Crippen LogP contribution in [0.15, 0.2) is 18.3 Å². The zero-order valence-corrected chi connectivity index (χ0v) is 11.3. The van der Waals surface area contributed by atoms with Gasteiger partial charge in [-0.05, 0) is 18.6 Å². The van der Waals surface area contributed by atoms with E-state index >= 15 is 0 Å². The number of nitrogens with two attached hydrogens (primary N) is 1. The highest BCUT2D eigenvalue weighted by Gasteiger charge is 2.23. The molecule has 0 radical (unpaired) electrons. The van der Waals surface area contributed by atoms with E-state index in [4.69, 9.17) is 10.5 Å². The number of ether oxygens (including phenoxy) is 1. The third-order valence-electron chi connectivity index (χ3n) is 3.19. The van der Waals surface area contributed by atoms with Crippen LogP contribution in [0.5, 0.6) is 0 Å². The SMILES string of the molecule is Nc1c(C(=O)N2CCCOCC2)sc2cccnc12. The summed E-state index contributed by atoms with van der Waals surface area (Å²) in [5, 5.41) is 0. The first kappa shape index (κ1) is 12.4. The van der Waals surface area contributed by atoms with Gasteiger partial charge in [-0.15, -0.1) is 11.3 Å². The molecule has 0 aliphatic carbocycles. The molecular weight excluding hydrogens is 262 g/mol. The first-order chi connectivity index (χ1) is 9.27. The zero-order valence-electron chi connectivity index (χ0n) is 10.5. The molecule has 1 amide bonds. The van der Waals surface area contributed by atoms with Crippen molar-refractivity contribution in [2.45, 2.75) is 6.42 Å². The molecule has 19 heavy (non-hydrogen) atoms. The Morgan fingerprint density at radius 1 is 1.42 bits per heavy atom. The van der Waals surface area contributed by atoms with E-state index < -0.39 is 0 Å². The molecule has 2 aromatic rings. The monoisotopic (exact) mass is 277 g/mol. The number of hydrogen-bond acceptors (Lipinski definition) is 5. The second-order valence-electron chi connectivity index (χ2n) is 4.45. The lowest BCUT2D eigenvalue weighted by Crippen LogP contribution is -2.33. The average molecular weight is 277 g/mol. The fourth-order valence-corrected chi connectivity index (χ4v) is 3.25. The fraction of sp³-hybridized carbons (Fsp3) is 0.385. The summed E-state index contributed by atoms with van der Waals surface area (Å²) >= 11 is 1.41. The normalized spacial score (nSPS) is 16.5. The Balaban J connectivity index is 1.94. The maximum atomic E-state index is 12.5. The second-order valence-corrected chi connectivity index (χ2v) is 5.51. The van der Waals surface area contributed by atoms with E-state index in [0.29, 0.717) is 30.3 Å². The first-order valence-corrected chi connectivity index (χ1v) is 7.09. The number of pyridine rings is 1. The molecule has 100 valence electrons. The molecule has 0 atom stereocenters. The van der Waals surface area contributed by atoms with Crippen molar-refractivity contribution in [1.29, 1.82) is 0 Å². The van der Waals surface area contributed by atoms with Gasteiger partial charge < -0.3 is 15.4 Å². The molecule has 1 saturated heterocycles. The molecule has 0 saturated carbocycles. The second kappa shape index (κ2) is 5.14. The molecule has 3 rings (SSSR count). The minimum Gasteiger partial charge on any atom is -0.396 e. The van der Waals surface area contributed by atoms with Gasteiger partial charge in [0.1, 0.15) is 10.4 Å². The van der Waals surface area contributed by atoms with Gasteiger partial charge in [0.15, 0.2) is 0 Å². The van der Waals surface area contributed by atoms with Gasteiger partial charge in [-0.3, -0.25) is 9.78 Å². The van der Waals surface area contributed by atoms with Crippen LogP contribution in [-0.2, 0) is 4.74 Å². The number of anilines is 1. The molecule has 0 bridgehead atoms. The molecule has 2 N–H and O–H groups in total. The van der Waals surface area contributed by atoms with Crippen molar-refractivity contribution in [2.24, 2.45) is 0 Å². The summed E-state index contributed by atoms with van der Waals surface area (Å²) in [5.41, 5.74) is 7.27. The number of nitrogen functional groups attached to an aromatic ring is 1. The number of carbonyl (C=O) groups excluding carboxylic acids is 1. The Kier molecular flexibility index (Phi) is 3.35. The molecule has 3 heterocycles. The number of thiophene rings is 1. The third kappa shape index (κ3) is 2.29. The quantitative estimate of drug-likeness (QED) is 0.862. The van der Waals surface area contributed by atoms with Crippen LogP contribution in [0, 0.1) is 0 Å². The van der Waals surface area contributed by atoms with Crippen LogP contribution < -0.4 is 5.73 Å². The van der Waals surface area contributed by atoms with E-state index in [1.807, 2.05) is 17.0 Å². The van der Waals surface area contributed by atoms with Crippen molar-refractivity contribution in [3.63, 3.8) is 0 Å². The van der Waals surface area contributed by atoms with E-state index in [-0.39, 0.29) is 5.91 Å². The molecule has 1 aliphatic rings. The Labute approximate surface area is 115 Å². The van der Waals surface area contributed by atoms with Crippen LogP contribution in [-0.4, -0.2) is 42.1 Å². The molecule has 5 nitrogen and oxygen atoms in total. The van der Waals surface area contributed by atoms with E-state index in [1.165, 1.54) is 11.3 Å². The maximum Gasteiger partial charge on any atom is 0.266 e. The van der Waals surface area contributed by atoms with Gasteiger partial charge in [0, 0.05) is 25.9 Å². The summed E-state index contributed by atoms with van der Waals surface area (Å²) in [5.74, 6) is -0.00833. The van der Waals surface area contributed by atoms with Crippen molar-refractivity contribution in [3.05, 3.63) is 23.2 Å². The number of amides is 1. The summed E-state index contributed by atoms with van der Waals surface area (Å²) in [4.78, 5) is 19.2. The van der Waals surface area contributed by atoms with Gasteiger partial charge in [0.2, 0.25) is 0 Å². The summed E-state index contributed by atoms with van der Waals surface area (Å²) in [6, 6.07) is 3.79. The van der Waals surface area contributed by atoms with E-state index in [1.54, 1.807) is 6.20 Å². The van der Waals surface area contributed by atoms with Gasteiger partial charge in [-0.2, -0.15) is 0 Å².